The number of hydrogen-bond acceptors (Lipinski definition) is 3. The van der Waals surface area contributed by atoms with Gasteiger partial charge >= 0.3 is 0 Å². The first kappa shape index (κ1) is 14.8. The van der Waals surface area contributed by atoms with E-state index in [9.17, 15) is 0 Å². The molecule has 2 saturated heterocycles. The van der Waals surface area contributed by atoms with Crippen LogP contribution in [0.1, 0.15) is 51.9 Å². The number of likely N-dealkylation sites (tertiary alicyclic amines) is 2. The highest BCUT2D eigenvalue weighted by Crippen LogP contribution is 2.34. The van der Waals surface area contributed by atoms with Gasteiger partial charge in [-0.3, -0.25) is 9.80 Å². The zero-order valence-corrected chi connectivity index (χ0v) is 13.3. The maximum Gasteiger partial charge on any atom is 0.0247 e. The molecule has 1 aliphatic carbocycles. The van der Waals surface area contributed by atoms with Crippen molar-refractivity contribution >= 4 is 0 Å². The van der Waals surface area contributed by atoms with Crippen molar-refractivity contribution in [3.05, 3.63) is 0 Å². The van der Waals surface area contributed by atoms with Crippen LogP contribution in [0.3, 0.4) is 0 Å². The summed E-state index contributed by atoms with van der Waals surface area (Å²) in [5.41, 5.74) is 6.17. The Morgan fingerprint density at radius 3 is 2.55 bits per heavy atom. The fraction of sp³-hybridized carbons (Fsp3) is 1.00. The average molecular weight is 279 g/mol. The first-order valence-corrected chi connectivity index (χ1v) is 8.96. The molecule has 0 spiro atoms. The molecule has 3 aliphatic rings. The molecule has 20 heavy (non-hydrogen) atoms. The summed E-state index contributed by atoms with van der Waals surface area (Å²) in [5, 5.41) is 0. The third kappa shape index (κ3) is 3.20. The van der Waals surface area contributed by atoms with E-state index in [1.807, 2.05) is 0 Å². The lowest BCUT2D eigenvalue weighted by atomic mass is 9.78. The van der Waals surface area contributed by atoms with E-state index in [0.717, 1.165) is 24.4 Å². The summed E-state index contributed by atoms with van der Waals surface area (Å²) in [6, 6.07) is 1.48. The van der Waals surface area contributed by atoms with Crippen molar-refractivity contribution in [1.29, 1.82) is 0 Å². The average Bonchev–Trinajstić information content (AvgIpc) is 3.10. The van der Waals surface area contributed by atoms with Gasteiger partial charge in [0.05, 0.1) is 0 Å². The maximum atomic E-state index is 6.17. The second-order valence-corrected chi connectivity index (χ2v) is 7.52. The Hall–Kier alpha value is -0.120. The molecule has 0 bridgehead atoms. The lowest BCUT2D eigenvalue weighted by Crippen LogP contribution is -2.47. The Labute approximate surface area is 124 Å². The highest BCUT2D eigenvalue weighted by Gasteiger charge is 2.36. The van der Waals surface area contributed by atoms with Crippen LogP contribution in [0.5, 0.6) is 0 Å². The summed E-state index contributed by atoms with van der Waals surface area (Å²) in [5.74, 6) is 1.78. The molecule has 0 aromatic rings. The lowest BCUT2D eigenvalue weighted by Gasteiger charge is -2.38. The summed E-state index contributed by atoms with van der Waals surface area (Å²) in [6.45, 7) is 8.54. The zero-order chi connectivity index (χ0) is 13.9. The predicted molar refractivity (Wildman–Crippen MR) is 84.7 cm³/mol. The maximum absolute atomic E-state index is 6.17. The fourth-order valence-electron chi connectivity index (χ4n) is 4.94. The van der Waals surface area contributed by atoms with Gasteiger partial charge in [0.15, 0.2) is 0 Å². The second-order valence-electron chi connectivity index (χ2n) is 7.52. The molecule has 4 unspecified atom stereocenters. The molecule has 1 saturated carbocycles. The minimum Gasteiger partial charge on any atom is -0.329 e. The van der Waals surface area contributed by atoms with E-state index >= 15 is 0 Å². The standard InChI is InChI=1S/C17H33N3/c1-14-5-4-6-15(11-14)17(12-18)20-10-7-16(13-20)19-8-2-3-9-19/h14-17H,2-13,18H2,1H3. The molecular formula is C17H33N3. The quantitative estimate of drug-likeness (QED) is 0.857. The molecule has 2 heterocycles. The zero-order valence-electron chi connectivity index (χ0n) is 13.3. The van der Waals surface area contributed by atoms with Crippen molar-refractivity contribution in [3.8, 4) is 0 Å². The molecular weight excluding hydrogens is 246 g/mol. The van der Waals surface area contributed by atoms with E-state index < -0.39 is 0 Å². The first-order valence-electron chi connectivity index (χ1n) is 8.96. The van der Waals surface area contributed by atoms with Crippen LogP contribution in [0.15, 0.2) is 0 Å². The van der Waals surface area contributed by atoms with E-state index in [4.69, 9.17) is 5.73 Å². The molecule has 0 aromatic heterocycles. The largest absolute Gasteiger partial charge is 0.329 e. The summed E-state index contributed by atoms with van der Waals surface area (Å²) < 4.78 is 0. The molecule has 2 aliphatic heterocycles. The Morgan fingerprint density at radius 1 is 1.05 bits per heavy atom. The predicted octanol–water partition coefficient (Wildman–Crippen LogP) is 2.31. The summed E-state index contributed by atoms with van der Waals surface area (Å²) in [4.78, 5) is 5.47. The number of nitrogens with two attached hydrogens (primary N) is 1. The van der Waals surface area contributed by atoms with E-state index in [-0.39, 0.29) is 0 Å². The van der Waals surface area contributed by atoms with Crippen molar-refractivity contribution < 1.29 is 0 Å². The van der Waals surface area contributed by atoms with Crippen LogP contribution in [0.2, 0.25) is 0 Å². The molecule has 3 heteroatoms. The highest BCUT2D eigenvalue weighted by molar-refractivity contribution is 4.92. The third-order valence-corrected chi connectivity index (χ3v) is 6.08. The Morgan fingerprint density at radius 2 is 1.85 bits per heavy atom. The normalized spacial score (nSPS) is 38.4. The van der Waals surface area contributed by atoms with Crippen molar-refractivity contribution in [1.82, 2.24) is 9.80 Å². The molecule has 0 aromatic carbocycles. The summed E-state index contributed by atoms with van der Waals surface area (Å²) >= 11 is 0. The Bertz CT molecular complexity index is 301. The molecule has 3 fully saturated rings. The van der Waals surface area contributed by atoms with Crippen LogP contribution in [0.25, 0.3) is 0 Å². The first-order chi connectivity index (χ1) is 9.78. The van der Waals surface area contributed by atoms with E-state index in [1.165, 1.54) is 71.1 Å². The summed E-state index contributed by atoms with van der Waals surface area (Å²) in [7, 11) is 0. The van der Waals surface area contributed by atoms with Crippen LogP contribution in [-0.4, -0.2) is 54.6 Å². The fourth-order valence-corrected chi connectivity index (χ4v) is 4.94. The Kier molecular flexibility index (Phi) is 5.00. The van der Waals surface area contributed by atoms with Crippen molar-refractivity contribution in [3.63, 3.8) is 0 Å². The van der Waals surface area contributed by atoms with E-state index in [1.54, 1.807) is 0 Å². The topological polar surface area (TPSA) is 32.5 Å². The molecule has 0 amide bonds. The summed E-state index contributed by atoms with van der Waals surface area (Å²) in [6.07, 6.45) is 9.88. The van der Waals surface area contributed by atoms with E-state index in [0.29, 0.717) is 6.04 Å². The number of nitrogens with zero attached hydrogens (tertiary/aromatic N) is 2. The van der Waals surface area contributed by atoms with E-state index in [2.05, 4.69) is 16.7 Å². The van der Waals surface area contributed by atoms with Crippen LogP contribution < -0.4 is 5.73 Å². The van der Waals surface area contributed by atoms with Crippen LogP contribution in [-0.2, 0) is 0 Å². The number of hydrogen-bond donors (Lipinski definition) is 1. The van der Waals surface area contributed by atoms with Crippen molar-refractivity contribution in [2.45, 2.75) is 64.0 Å². The smallest absolute Gasteiger partial charge is 0.0247 e. The van der Waals surface area contributed by atoms with Gasteiger partial charge in [-0.05, 0) is 57.0 Å². The molecule has 2 N–H and O–H groups in total. The molecule has 3 rings (SSSR count). The second kappa shape index (κ2) is 6.76. The lowest BCUT2D eigenvalue weighted by molar-refractivity contribution is 0.120. The van der Waals surface area contributed by atoms with Gasteiger partial charge in [0.1, 0.15) is 0 Å². The van der Waals surface area contributed by atoms with Gasteiger partial charge in [0.25, 0.3) is 0 Å². The number of rotatable bonds is 4. The minimum atomic E-state index is 0.658. The highest BCUT2D eigenvalue weighted by atomic mass is 15.3. The van der Waals surface area contributed by atoms with Crippen LogP contribution in [0.4, 0.5) is 0 Å². The van der Waals surface area contributed by atoms with Gasteiger partial charge in [-0.1, -0.05) is 19.8 Å². The van der Waals surface area contributed by atoms with Crippen LogP contribution >= 0.6 is 0 Å². The van der Waals surface area contributed by atoms with Crippen molar-refractivity contribution in [2.24, 2.45) is 17.6 Å². The minimum absolute atomic E-state index is 0.658. The molecule has 3 nitrogen and oxygen atoms in total. The third-order valence-electron chi connectivity index (χ3n) is 6.08. The van der Waals surface area contributed by atoms with Gasteiger partial charge in [0, 0.05) is 31.7 Å². The molecule has 116 valence electrons. The van der Waals surface area contributed by atoms with Gasteiger partial charge in [0.2, 0.25) is 0 Å². The monoisotopic (exact) mass is 279 g/mol. The van der Waals surface area contributed by atoms with Crippen molar-refractivity contribution in [2.75, 3.05) is 32.7 Å². The van der Waals surface area contributed by atoms with Gasteiger partial charge in [-0.2, -0.15) is 0 Å². The van der Waals surface area contributed by atoms with Gasteiger partial charge < -0.3 is 5.73 Å². The van der Waals surface area contributed by atoms with Gasteiger partial charge in [-0.25, -0.2) is 0 Å². The van der Waals surface area contributed by atoms with Gasteiger partial charge in [-0.15, -0.1) is 0 Å². The molecule has 4 atom stereocenters. The Balaban J connectivity index is 1.56. The molecule has 0 radical (unpaired) electrons. The SMILES string of the molecule is CC1CCCC(C(CN)N2CCC(N3CCCC3)C2)C1. The van der Waals surface area contributed by atoms with Crippen LogP contribution in [0, 0.1) is 11.8 Å².